The van der Waals surface area contributed by atoms with E-state index in [-0.39, 0.29) is 11.7 Å². The molecular weight excluding hydrogens is 466 g/mol. The fraction of sp³-hybridized carbons (Fsp3) is 0.385. The smallest absolute Gasteiger partial charge is 0.253 e. The van der Waals surface area contributed by atoms with Gasteiger partial charge >= 0.3 is 0 Å². The molecule has 1 aromatic heterocycles. The van der Waals surface area contributed by atoms with Crippen molar-refractivity contribution >= 4 is 33.9 Å². The number of H-pyrrole nitrogens is 1. The molecule has 35 heavy (non-hydrogen) atoms. The molecule has 1 saturated heterocycles. The van der Waals surface area contributed by atoms with Gasteiger partial charge in [-0.05, 0) is 68.4 Å². The van der Waals surface area contributed by atoms with Crippen LogP contribution in [0, 0.1) is 0 Å². The third-order valence-electron chi connectivity index (χ3n) is 6.10. The number of benzene rings is 2. The Labute approximate surface area is 209 Å². The van der Waals surface area contributed by atoms with Crippen molar-refractivity contribution in [1.82, 2.24) is 9.88 Å². The summed E-state index contributed by atoms with van der Waals surface area (Å²) in [5.74, 6) is 2.14. The minimum absolute atomic E-state index is 0.0761. The summed E-state index contributed by atoms with van der Waals surface area (Å²) in [6, 6.07) is 13.3. The maximum Gasteiger partial charge on any atom is 0.253 e. The van der Waals surface area contributed by atoms with E-state index in [1.165, 1.54) is 0 Å². The monoisotopic (exact) mass is 495 g/mol. The Morgan fingerprint density at radius 2 is 1.91 bits per heavy atom. The van der Waals surface area contributed by atoms with Crippen molar-refractivity contribution in [3.05, 3.63) is 58.4 Å². The largest absolute Gasteiger partial charge is 0.494 e. The number of anilines is 1. The third-order valence-corrected chi connectivity index (χ3v) is 6.46. The van der Waals surface area contributed by atoms with Gasteiger partial charge in [-0.25, -0.2) is 0 Å². The zero-order valence-electron chi connectivity index (χ0n) is 19.7. The van der Waals surface area contributed by atoms with Crippen LogP contribution >= 0.6 is 12.2 Å². The number of nitrogens with one attached hydrogen (secondary N) is 2. The Hall–Kier alpha value is -3.30. The Balaban J connectivity index is 1.38. The minimum atomic E-state index is -0.157. The number of aromatic nitrogens is 1. The summed E-state index contributed by atoms with van der Waals surface area (Å²) in [7, 11) is 0. The maximum absolute atomic E-state index is 13.0. The summed E-state index contributed by atoms with van der Waals surface area (Å²) in [4.78, 5) is 18.0. The molecule has 1 unspecified atom stereocenters. The summed E-state index contributed by atoms with van der Waals surface area (Å²) >= 11 is 5.77. The highest BCUT2D eigenvalue weighted by Crippen LogP contribution is 2.33. The van der Waals surface area contributed by atoms with Crippen LogP contribution in [-0.4, -0.2) is 54.1 Å². The van der Waals surface area contributed by atoms with Crippen molar-refractivity contribution < 1.29 is 18.9 Å². The highest BCUT2D eigenvalue weighted by Gasteiger charge is 2.23. The first-order chi connectivity index (χ1) is 17.1. The second-order valence-corrected chi connectivity index (χ2v) is 9.00. The average Bonchev–Trinajstić information content (AvgIpc) is 3.37. The van der Waals surface area contributed by atoms with Gasteiger partial charge in [0.25, 0.3) is 5.56 Å². The van der Waals surface area contributed by atoms with Crippen LogP contribution in [0.25, 0.3) is 10.9 Å². The zero-order valence-corrected chi connectivity index (χ0v) is 20.5. The zero-order chi connectivity index (χ0) is 24.2. The fourth-order valence-corrected chi connectivity index (χ4v) is 4.63. The molecule has 0 amide bonds. The molecule has 184 valence electrons. The number of pyridine rings is 1. The van der Waals surface area contributed by atoms with E-state index in [9.17, 15) is 4.79 Å². The molecule has 2 aromatic carbocycles. The molecule has 3 heterocycles. The summed E-state index contributed by atoms with van der Waals surface area (Å²) in [6.45, 7) is 5.27. The molecule has 2 aliphatic rings. The normalized spacial score (nSPS) is 16.8. The van der Waals surface area contributed by atoms with E-state index < -0.39 is 0 Å². The number of aromatic amines is 1. The Morgan fingerprint density at radius 3 is 2.63 bits per heavy atom. The van der Waals surface area contributed by atoms with Gasteiger partial charge in [0.2, 0.25) is 0 Å². The molecule has 5 rings (SSSR count). The maximum atomic E-state index is 13.0. The second kappa shape index (κ2) is 10.5. The second-order valence-electron chi connectivity index (χ2n) is 8.61. The summed E-state index contributed by atoms with van der Waals surface area (Å²) in [6.07, 6.45) is 2.08. The van der Waals surface area contributed by atoms with Gasteiger partial charge < -0.3 is 34.1 Å². The van der Waals surface area contributed by atoms with Crippen LogP contribution in [0.5, 0.6) is 17.2 Å². The standard InChI is InChI=1S/C26H29N3O5S/c1-2-31-20-7-5-19(6-8-20)27-26(35)29(16-21-4-3-9-32-21)15-18-12-17-13-23-24(34-11-10-33-23)14-22(17)28-25(18)30/h5-8,12-14,21H,2-4,9-11,15-16H2,1H3,(H,27,35)(H,28,30). The van der Waals surface area contributed by atoms with Gasteiger partial charge in [0.15, 0.2) is 16.6 Å². The van der Waals surface area contributed by atoms with Crippen molar-refractivity contribution in [3.8, 4) is 17.2 Å². The number of nitrogens with zero attached hydrogens (tertiary/aromatic N) is 1. The van der Waals surface area contributed by atoms with Crippen LogP contribution in [0.2, 0.25) is 0 Å². The molecule has 0 spiro atoms. The lowest BCUT2D eigenvalue weighted by Crippen LogP contribution is -2.40. The fourth-order valence-electron chi connectivity index (χ4n) is 4.37. The van der Waals surface area contributed by atoms with Crippen molar-refractivity contribution in [2.45, 2.75) is 32.4 Å². The predicted molar refractivity (Wildman–Crippen MR) is 139 cm³/mol. The molecule has 3 aromatic rings. The van der Waals surface area contributed by atoms with E-state index in [1.54, 1.807) is 0 Å². The Kier molecular flexibility index (Phi) is 7.06. The van der Waals surface area contributed by atoms with Crippen molar-refractivity contribution in [3.63, 3.8) is 0 Å². The number of fused-ring (bicyclic) bond motifs is 2. The van der Waals surface area contributed by atoms with Crippen molar-refractivity contribution in [2.75, 3.05) is 38.3 Å². The molecule has 0 aliphatic carbocycles. The Bertz CT molecular complexity index is 1250. The van der Waals surface area contributed by atoms with Crippen molar-refractivity contribution in [2.24, 2.45) is 0 Å². The first-order valence-electron chi connectivity index (χ1n) is 11.9. The van der Waals surface area contributed by atoms with Gasteiger partial charge in [-0.2, -0.15) is 0 Å². The number of thiocarbonyl (C=S) groups is 1. The molecule has 8 nitrogen and oxygen atoms in total. The highest BCUT2D eigenvalue weighted by molar-refractivity contribution is 7.80. The Morgan fingerprint density at radius 1 is 1.14 bits per heavy atom. The first kappa shape index (κ1) is 23.4. The lowest BCUT2D eigenvalue weighted by molar-refractivity contribution is 0.0904. The average molecular weight is 496 g/mol. The van der Waals surface area contributed by atoms with E-state index >= 15 is 0 Å². The molecule has 0 radical (unpaired) electrons. The number of hydrogen-bond acceptors (Lipinski definition) is 6. The molecule has 1 fully saturated rings. The molecule has 9 heteroatoms. The molecular formula is C26H29N3O5S. The van der Waals surface area contributed by atoms with Crippen LogP contribution in [-0.2, 0) is 11.3 Å². The van der Waals surface area contributed by atoms with Gasteiger partial charge in [-0.3, -0.25) is 4.79 Å². The molecule has 0 bridgehead atoms. The van der Waals surface area contributed by atoms with Crippen LogP contribution < -0.4 is 25.1 Å². The minimum Gasteiger partial charge on any atom is -0.494 e. The molecule has 1 atom stereocenters. The number of hydrogen-bond donors (Lipinski definition) is 2. The number of ether oxygens (including phenoxy) is 4. The lowest BCUT2D eigenvalue weighted by Gasteiger charge is -2.28. The third kappa shape index (κ3) is 5.52. The molecule has 0 saturated carbocycles. The quantitative estimate of drug-likeness (QED) is 0.475. The topological polar surface area (TPSA) is 85.1 Å². The first-order valence-corrected chi connectivity index (χ1v) is 12.4. The van der Waals surface area contributed by atoms with E-state index in [1.807, 2.05) is 54.3 Å². The van der Waals surface area contributed by atoms with Gasteiger partial charge in [0.05, 0.1) is 24.8 Å². The SMILES string of the molecule is CCOc1ccc(NC(=S)N(Cc2cc3cc4c(cc3[nH]c2=O)OCCO4)CC2CCCO2)cc1. The molecule has 2 aliphatic heterocycles. The van der Waals surface area contributed by atoms with Gasteiger partial charge in [-0.15, -0.1) is 0 Å². The predicted octanol–water partition coefficient (Wildman–Crippen LogP) is 4.08. The van der Waals surface area contributed by atoms with Crippen LogP contribution in [0.3, 0.4) is 0 Å². The summed E-state index contributed by atoms with van der Waals surface area (Å²) in [5.41, 5.74) is 2.02. The number of rotatable bonds is 7. The van der Waals surface area contributed by atoms with Crippen molar-refractivity contribution in [1.29, 1.82) is 0 Å². The van der Waals surface area contributed by atoms with Crippen LogP contribution in [0.1, 0.15) is 25.3 Å². The van der Waals surface area contributed by atoms with Gasteiger partial charge in [0.1, 0.15) is 19.0 Å². The highest BCUT2D eigenvalue weighted by atomic mass is 32.1. The summed E-state index contributed by atoms with van der Waals surface area (Å²) in [5, 5.41) is 4.72. The van der Waals surface area contributed by atoms with Gasteiger partial charge in [0, 0.05) is 35.9 Å². The summed E-state index contributed by atoms with van der Waals surface area (Å²) < 4.78 is 22.7. The van der Waals surface area contributed by atoms with E-state index in [0.717, 1.165) is 36.3 Å². The molecule has 2 N–H and O–H groups in total. The van der Waals surface area contributed by atoms with E-state index in [4.69, 9.17) is 31.2 Å². The van der Waals surface area contributed by atoms with E-state index in [2.05, 4.69) is 10.3 Å². The van der Waals surface area contributed by atoms with Crippen LogP contribution in [0.4, 0.5) is 5.69 Å². The van der Waals surface area contributed by atoms with E-state index in [0.29, 0.717) is 60.6 Å². The lowest BCUT2D eigenvalue weighted by atomic mass is 10.1. The van der Waals surface area contributed by atoms with Gasteiger partial charge in [-0.1, -0.05) is 0 Å². The van der Waals surface area contributed by atoms with Crippen LogP contribution in [0.15, 0.2) is 47.3 Å².